The van der Waals surface area contributed by atoms with Gasteiger partial charge in [0.2, 0.25) is 0 Å². The first kappa shape index (κ1) is 11.2. The molecule has 0 aromatic rings. The molecule has 0 unspecified atom stereocenters. The number of aliphatic hydroxyl groups excluding tert-OH is 1. The van der Waals surface area contributed by atoms with Gasteiger partial charge in [-0.1, -0.05) is 24.3 Å². The van der Waals surface area contributed by atoms with Crippen LogP contribution < -0.4 is 0 Å². The van der Waals surface area contributed by atoms with Crippen molar-refractivity contribution in [3.05, 3.63) is 37.5 Å². The Morgan fingerprint density at radius 2 is 1.79 bits per heavy atom. The molecule has 2 atom stereocenters. The van der Waals surface area contributed by atoms with Crippen molar-refractivity contribution in [3.63, 3.8) is 0 Å². The molecule has 78 valence electrons. The fraction of sp³-hybridized carbons (Fsp3) is 0.500. The summed E-state index contributed by atoms with van der Waals surface area (Å²) in [4.78, 5) is 2.20. The second kappa shape index (κ2) is 5.78. The minimum atomic E-state index is -0.250. The Kier molecular flexibility index (Phi) is 4.63. The first-order chi connectivity index (χ1) is 6.79. The third-order valence-electron chi connectivity index (χ3n) is 2.56. The largest absolute Gasteiger partial charge is 0.391 e. The van der Waals surface area contributed by atoms with Gasteiger partial charge in [0.1, 0.15) is 0 Å². The molecule has 0 amide bonds. The topological polar surface area (TPSA) is 23.5 Å². The number of rotatable bonds is 5. The van der Waals surface area contributed by atoms with E-state index in [1.807, 2.05) is 18.2 Å². The molecule has 0 radical (unpaired) electrons. The molecule has 2 nitrogen and oxygen atoms in total. The highest BCUT2D eigenvalue weighted by atomic mass is 16.3. The maximum absolute atomic E-state index is 9.83. The van der Waals surface area contributed by atoms with Crippen molar-refractivity contribution in [2.75, 3.05) is 13.1 Å². The van der Waals surface area contributed by atoms with Gasteiger partial charge >= 0.3 is 0 Å². The SMILES string of the molecule is C=CCN(CC=C)[C@H]1CC=CC[C@@H]1O. The Morgan fingerprint density at radius 3 is 2.29 bits per heavy atom. The third-order valence-corrected chi connectivity index (χ3v) is 2.56. The lowest BCUT2D eigenvalue weighted by molar-refractivity contribution is 0.0601. The average Bonchev–Trinajstić information content (AvgIpc) is 2.18. The van der Waals surface area contributed by atoms with E-state index in [1.165, 1.54) is 0 Å². The zero-order chi connectivity index (χ0) is 10.4. The summed E-state index contributed by atoms with van der Waals surface area (Å²) >= 11 is 0. The van der Waals surface area contributed by atoms with E-state index >= 15 is 0 Å². The second-order valence-electron chi connectivity index (χ2n) is 3.61. The smallest absolute Gasteiger partial charge is 0.0732 e. The van der Waals surface area contributed by atoms with Crippen molar-refractivity contribution in [3.8, 4) is 0 Å². The van der Waals surface area contributed by atoms with Gasteiger partial charge in [0.25, 0.3) is 0 Å². The summed E-state index contributed by atoms with van der Waals surface area (Å²) in [7, 11) is 0. The van der Waals surface area contributed by atoms with Crippen LogP contribution in [0.15, 0.2) is 37.5 Å². The molecule has 14 heavy (non-hydrogen) atoms. The Labute approximate surface area is 86.2 Å². The first-order valence-electron chi connectivity index (χ1n) is 5.08. The standard InChI is InChI=1S/C12H19NO/c1-3-9-13(10-4-2)11-7-5-6-8-12(11)14/h3-6,11-12,14H,1-2,7-10H2/t11-,12-/m0/s1. The minimum Gasteiger partial charge on any atom is -0.391 e. The quantitative estimate of drug-likeness (QED) is 0.672. The fourth-order valence-electron chi connectivity index (χ4n) is 1.85. The van der Waals surface area contributed by atoms with Gasteiger partial charge in [-0.3, -0.25) is 4.90 Å². The predicted molar refractivity (Wildman–Crippen MR) is 60.1 cm³/mol. The minimum absolute atomic E-state index is 0.219. The van der Waals surface area contributed by atoms with Crippen LogP contribution in [0.4, 0.5) is 0 Å². The average molecular weight is 193 g/mol. The van der Waals surface area contributed by atoms with Crippen molar-refractivity contribution in [2.24, 2.45) is 0 Å². The summed E-state index contributed by atoms with van der Waals surface area (Å²) in [6.45, 7) is 9.07. The van der Waals surface area contributed by atoms with Crippen LogP contribution in [0.1, 0.15) is 12.8 Å². The van der Waals surface area contributed by atoms with Crippen molar-refractivity contribution in [1.29, 1.82) is 0 Å². The molecule has 1 rings (SSSR count). The van der Waals surface area contributed by atoms with Crippen molar-refractivity contribution in [1.82, 2.24) is 4.90 Å². The highest BCUT2D eigenvalue weighted by Crippen LogP contribution is 2.18. The maximum Gasteiger partial charge on any atom is 0.0732 e. The van der Waals surface area contributed by atoms with Gasteiger partial charge in [0, 0.05) is 19.1 Å². The Morgan fingerprint density at radius 1 is 1.21 bits per heavy atom. The molecule has 0 heterocycles. The zero-order valence-corrected chi connectivity index (χ0v) is 8.60. The van der Waals surface area contributed by atoms with Gasteiger partial charge in [-0.2, -0.15) is 0 Å². The van der Waals surface area contributed by atoms with Crippen LogP contribution in [0.25, 0.3) is 0 Å². The highest BCUT2D eigenvalue weighted by Gasteiger charge is 2.24. The summed E-state index contributed by atoms with van der Waals surface area (Å²) in [5, 5.41) is 9.83. The van der Waals surface area contributed by atoms with Crippen LogP contribution in [0.5, 0.6) is 0 Å². The molecule has 0 aromatic heterocycles. The lowest BCUT2D eigenvalue weighted by atomic mass is 9.97. The predicted octanol–water partition coefficient (Wildman–Crippen LogP) is 1.74. The zero-order valence-electron chi connectivity index (χ0n) is 8.60. The first-order valence-corrected chi connectivity index (χ1v) is 5.08. The normalized spacial score (nSPS) is 26.4. The second-order valence-corrected chi connectivity index (χ2v) is 3.61. The van der Waals surface area contributed by atoms with Gasteiger partial charge in [0.05, 0.1) is 6.10 Å². The van der Waals surface area contributed by atoms with Gasteiger partial charge in [-0.15, -0.1) is 13.2 Å². The molecule has 0 aliphatic heterocycles. The van der Waals surface area contributed by atoms with Crippen LogP contribution in [0.2, 0.25) is 0 Å². The molecule has 0 spiro atoms. The highest BCUT2D eigenvalue weighted by molar-refractivity contribution is 5.00. The Bertz CT molecular complexity index is 212. The lowest BCUT2D eigenvalue weighted by Crippen LogP contribution is -2.44. The van der Waals surface area contributed by atoms with Gasteiger partial charge in [0.15, 0.2) is 0 Å². The van der Waals surface area contributed by atoms with Gasteiger partial charge < -0.3 is 5.11 Å². The molecule has 2 heteroatoms. The summed E-state index contributed by atoms with van der Waals surface area (Å²) in [5.74, 6) is 0. The molecule has 1 aliphatic rings. The molecule has 0 aromatic carbocycles. The molecule has 1 aliphatic carbocycles. The van der Waals surface area contributed by atoms with Crippen LogP contribution in [0, 0.1) is 0 Å². The van der Waals surface area contributed by atoms with E-state index in [2.05, 4.69) is 24.1 Å². The van der Waals surface area contributed by atoms with Crippen LogP contribution >= 0.6 is 0 Å². The van der Waals surface area contributed by atoms with E-state index in [4.69, 9.17) is 0 Å². The Balaban J connectivity index is 2.60. The van der Waals surface area contributed by atoms with E-state index in [1.54, 1.807) is 0 Å². The summed E-state index contributed by atoms with van der Waals surface area (Å²) in [5.41, 5.74) is 0. The van der Waals surface area contributed by atoms with E-state index in [-0.39, 0.29) is 12.1 Å². The monoisotopic (exact) mass is 193 g/mol. The molecule has 0 saturated heterocycles. The van der Waals surface area contributed by atoms with Crippen LogP contribution in [-0.2, 0) is 0 Å². The summed E-state index contributed by atoms with van der Waals surface area (Å²) < 4.78 is 0. The fourth-order valence-corrected chi connectivity index (χ4v) is 1.85. The van der Waals surface area contributed by atoms with E-state index in [9.17, 15) is 5.11 Å². The van der Waals surface area contributed by atoms with Gasteiger partial charge in [-0.05, 0) is 12.8 Å². The lowest BCUT2D eigenvalue weighted by Gasteiger charge is -2.34. The van der Waals surface area contributed by atoms with Crippen molar-refractivity contribution >= 4 is 0 Å². The molecule has 0 bridgehead atoms. The number of hydrogen-bond donors (Lipinski definition) is 1. The number of aliphatic hydroxyl groups is 1. The summed E-state index contributed by atoms with van der Waals surface area (Å²) in [6.07, 6.45) is 9.35. The molecular weight excluding hydrogens is 174 g/mol. The van der Waals surface area contributed by atoms with Crippen molar-refractivity contribution in [2.45, 2.75) is 25.0 Å². The van der Waals surface area contributed by atoms with E-state index in [0.717, 1.165) is 25.9 Å². The van der Waals surface area contributed by atoms with Gasteiger partial charge in [-0.25, -0.2) is 0 Å². The molecular formula is C12H19NO. The third kappa shape index (κ3) is 2.82. The number of nitrogens with zero attached hydrogens (tertiary/aromatic N) is 1. The molecule has 1 N–H and O–H groups in total. The van der Waals surface area contributed by atoms with Crippen LogP contribution in [0.3, 0.4) is 0 Å². The molecule has 0 fully saturated rings. The van der Waals surface area contributed by atoms with E-state index < -0.39 is 0 Å². The van der Waals surface area contributed by atoms with Crippen molar-refractivity contribution < 1.29 is 5.11 Å². The Hall–Kier alpha value is -0.860. The van der Waals surface area contributed by atoms with E-state index in [0.29, 0.717) is 0 Å². The molecule has 0 saturated carbocycles. The summed E-state index contributed by atoms with van der Waals surface area (Å²) in [6, 6.07) is 0.219. The maximum atomic E-state index is 9.83. The number of hydrogen-bond acceptors (Lipinski definition) is 2. The van der Waals surface area contributed by atoms with Crippen LogP contribution in [-0.4, -0.2) is 35.2 Å².